The van der Waals surface area contributed by atoms with Crippen molar-refractivity contribution < 1.29 is 0 Å². The van der Waals surface area contributed by atoms with E-state index in [0.717, 1.165) is 0 Å². The molecule has 0 saturated carbocycles. The monoisotopic (exact) mass is 278 g/mol. The van der Waals surface area contributed by atoms with Gasteiger partial charge >= 0.3 is 0 Å². The molecule has 1 aromatic carbocycles. The average molecular weight is 278 g/mol. The minimum Gasteiger partial charge on any atom is -0.0666 e. The van der Waals surface area contributed by atoms with Gasteiger partial charge in [-0.15, -0.1) is 0 Å². The van der Waals surface area contributed by atoms with E-state index in [0.29, 0.717) is 0 Å². The molecule has 0 aromatic heterocycles. The predicted octanol–water partition coefficient (Wildman–Crippen LogP) is 4.33. The van der Waals surface area contributed by atoms with E-state index in [9.17, 15) is 0 Å². The van der Waals surface area contributed by atoms with Crippen molar-refractivity contribution in [3.8, 4) is 0 Å². The van der Waals surface area contributed by atoms with Gasteiger partial charge < -0.3 is 0 Å². The zero-order valence-corrected chi connectivity index (χ0v) is 14.0. The fraction of sp³-hybridized carbons (Fsp3) is 0.429. The highest BCUT2D eigenvalue weighted by Crippen LogP contribution is 2.42. The van der Waals surface area contributed by atoms with Gasteiger partial charge in [0.15, 0.2) is 0 Å². The van der Waals surface area contributed by atoms with Crippen LogP contribution in [0.2, 0.25) is 0 Å². The van der Waals surface area contributed by atoms with Crippen LogP contribution in [0.5, 0.6) is 0 Å². The quantitative estimate of drug-likeness (QED) is 0.772. The molecule has 0 saturated heterocycles. The van der Waals surface area contributed by atoms with Crippen LogP contribution in [0.1, 0.15) is 51.2 Å². The molecular weight excluding hydrogens is 252 g/mol. The average Bonchev–Trinajstić information content (AvgIpc) is 2.75. The summed E-state index contributed by atoms with van der Waals surface area (Å²) in [5.74, 6) is 0. The number of rotatable bonds is 3. The van der Waals surface area contributed by atoms with Crippen molar-refractivity contribution in [2.75, 3.05) is 0 Å². The zero-order chi connectivity index (χ0) is 15.2. The fourth-order valence-electron chi connectivity index (χ4n) is 3.52. The van der Waals surface area contributed by atoms with E-state index in [-0.39, 0.29) is 5.41 Å². The van der Waals surface area contributed by atoms with Crippen LogP contribution >= 0.6 is 0 Å². The summed E-state index contributed by atoms with van der Waals surface area (Å²) in [7, 11) is 0. The van der Waals surface area contributed by atoms with Crippen LogP contribution in [0.3, 0.4) is 0 Å². The minimum atomic E-state index is 0.234. The molecule has 0 fully saturated rings. The van der Waals surface area contributed by atoms with Crippen LogP contribution in [0.4, 0.5) is 0 Å². The van der Waals surface area contributed by atoms with Crippen molar-refractivity contribution in [2.45, 2.75) is 53.9 Å². The largest absolute Gasteiger partial charge is 0.0666 e. The Hall–Kier alpha value is -1.56. The van der Waals surface area contributed by atoms with Gasteiger partial charge in [0.1, 0.15) is 0 Å². The van der Waals surface area contributed by atoms with Gasteiger partial charge in [0.25, 0.3) is 0 Å². The second-order valence-electron chi connectivity index (χ2n) is 7.03. The molecule has 0 nitrogen and oxygen atoms in total. The molecule has 1 atom stereocenters. The molecule has 2 aliphatic rings. The summed E-state index contributed by atoms with van der Waals surface area (Å²) in [5.41, 5.74) is 7.38. The smallest absolute Gasteiger partial charge is 0.00722 e. The molecule has 0 amide bonds. The topological polar surface area (TPSA) is 0 Å². The summed E-state index contributed by atoms with van der Waals surface area (Å²) < 4.78 is 0. The molecular formula is C21H26. The third-order valence-corrected chi connectivity index (χ3v) is 5.36. The standard InChI is InChI=1S/C21H26/c1-6-7-8-21(5)13-18-12-17-9-14(2)15(3)10-19(17)20(18)11-16(21)4/h9-13H,6-8H2,1-5H3. The van der Waals surface area contributed by atoms with Crippen molar-refractivity contribution in [1.82, 2.24) is 0 Å². The summed E-state index contributed by atoms with van der Waals surface area (Å²) in [6, 6.07) is 4.69. The molecule has 0 aliphatic heterocycles. The summed E-state index contributed by atoms with van der Waals surface area (Å²) in [5, 5.41) is 2.81. The molecule has 0 N–H and O–H groups in total. The van der Waals surface area contributed by atoms with Gasteiger partial charge in [-0.2, -0.15) is 0 Å². The third kappa shape index (κ3) is 2.31. The number of allylic oxidation sites excluding steroid dienone is 4. The van der Waals surface area contributed by atoms with E-state index < -0.39 is 0 Å². The second-order valence-corrected chi connectivity index (χ2v) is 7.03. The number of hydrogen-bond donors (Lipinski definition) is 0. The van der Waals surface area contributed by atoms with E-state index in [1.807, 2.05) is 0 Å². The first-order valence-electron chi connectivity index (χ1n) is 8.20. The molecule has 0 radical (unpaired) electrons. The Morgan fingerprint density at radius 3 is 2.43 bits per heavy atom. The molecule has 0 heteroatoms. The van der Waals surface area contributed by atoms with E-state index in [2.05, 4.69) is 65.0 Å². The maximum absolute atomic E-state index is 2.51. The first kappa shape index (κ1) is 14.4. The van der Waals surface area contributed by atoms with Crippen molar-refractivity contribution in [3.63, 3.8) is 0 Å². The first-order valence-corrected chi connectivity index (χ1v) is 8.20. The molecule has 0 heterocycles. The summed E-state index contributed by atoms with van der Waals surface area (Å²) in [4.78, 5) is 0. The maximum atomic E-state index is 2.51. The van der Waals surface area contributed by atoms with Crippen LogP contribution in [-0.2, 0) is 0 Å². The Kier molecular flexibility index (Phi) is 3.43. The zero-order valence-electron chi connectivity index (χ0n) is 14.0. The Balaban J connectivity index is 2.17. The molecule has 21 heavy (non-hydrogen) atoms. The van der Waals surface area contributed by atoms with Crippen LogP contribution in [0.25, 0.3) is 11.6 Å². The fourth-order valence-corrected chi connectivity index (χ4v) is 3.52. The lowest BCUT2D eigenvalue weighted by molar-refractivity contribution is 0.444. The molecule has 0 bridgehead atoms. The maximum Gasteiger partial charge on any atom is 0.00722 e. The van der Waals surface area contributed by atoms with Gasteiger partial charge in [-0.3, -0.25) is 0 Å². The highest BCUT2D eigenvalue weighted by atomic mass is 14.3. The SMILES string of the molecule is CCCCC1(C)C=C2C=c3cc(C)c(C)cc3=C2C=C1C. The summed E-state index contributed by atoms with van der Waals surface area (Å²) in [6.45, 7) is 11.4. The number of hydrogen-bond acceptors (Lipinski definition) is 0. The van der Waals surface area contributed by atoms with Gasteiger partial charge in [-0.25, -0.2) is 0 Å². The van der Waals surface area contributed by atoms with Gasteiger partial charge in [0.05, 0.1) is 0 Å². The van der Waals surface area contributed by atoms with Crippen LogP contribution in [-0.4, -0.2) is 0 Å². The van der Waals surface area contributed by atoms with Gasteiger partial charge in [0.2, 0.25) is 0 Å². The normalized spacial score (nSPS) is 23.2. The van der Waals surface area contributed by atoms with Crippen LogP contribution < -0.4 is 10.4 Å². The van der Waals surface area contributed by atoms with Crippen LogP contribution in [0, 0.1) is 19.3 Å². The first-order chi connectivity index (χ1) is 9.94. The lowest BCUT2D eigenvalue weighted by Gasteiger charge is -2.32. The number of benzene rings is 1. The van der Waals surface area contributed by atoms with E-state index in [1.54, 1.807) is 0 Å². The highest BCUT2D eigenvalue weighted by Gasteiger charge is 2.29. The van der Waals surface area contributed by atoms with Crippen LogP contribution in [0.15, 0.2) is 35.4 Å². The van der Waals surface area contributed by atoms with Crippen molar-refractivity contribution in [2.24, 2.45) is 5.41 Å². The Labute approximate surface area is 128 Å². The van der Waals surface area contributed by atoms with Gasteiger partial charge in [0, 0.05) is 5.41 Å². The van der Waals surface area contributed by atoms with E-state index >= 15 is 0 Å². The highest BCUT2D eigenvalue weighted by molar-refractivity contribution is 5.89. The van der Waals surface area contributed by atoms with E-state index in [4.69, 9.17) is 0 Å². The number of fused-ring (bicyclic) bond motifs is 2. The molecule has 3 rings (SSSR count). The van der Waals surface area contributed by atoms with Gasteiger partial charge in [-0.05, 0) is 66.0 Å². The third-order valence-electron chi connectivity index (χ3n) is 5.36. The minimum absolute atomic E-state index is 0.234. The van der Waals surface area contributed by atoms with Crippen molar-refractivity contribution in [1.29, 1.82) is 0 Å². The predicted molar refractivity (Wildman–Crippen MR) is 92.5 cm³/mol. The van der Waals surface area contributed by atoms with Gasteiger partial charge in [-0.1, -0.05) is 56.5 Å². The lowest BCUT2D eigenvalue weighted by Crippen LogP contribution is -2.24. The summed E-state index contributed by atoms with van der Waals surface area (Å²) >= 11 is 0. The Morgan fingerprint density at radius 1 is 1.00 bits per heavy atom. The number of aryl methyl sites for hydroxylation is 2. The lowest BCUT2D eigenvalue weighted by atomic mass is 9.73. The van der Waals surface area contributed by atoms with E-state index in [1.165, 1.54) is 57.5 Å². The summed E-state index contributed by atoms with van der Waals surface area (Å²) in [6.07, 6.45) is 11.1. The Morgan fingerprint density at radius 2 is 1.71 bits per heavy atom. The van der Waals surface area contributed by atoms with Crippen molar-refractivity contribution >= 4 is 11.6 Å². The molecule has 2 aliphatic carbocycles. The molecule has 0 spiro atoms. The Bertz CT molecular complexity index is 771. The van der Waals surface area contributed by atoms with Crippen molar-refractivity contribution in [3.05, 3.63) is 57.0 Å². The number of unbranched alkanes of at least 4 members (excludes halogenated alkanes) is 1. The second kappa shape index (κ2) is 5.02. The molecule has 110 valence electrons. The molecule has 1 aromatic rings. The molecule has 1 unspecified atom stereocenters.